The Balaban J connectivity index is 1.57. The van der Waals surface area contributed by atoms with Crippen molar-refractivity contribution in [3.05, 3.63) is 64.2 Å². The molecule has 0 spiro atoms. The maximum Gasteiger partial charge on any atom is 0.416 e. The number of halogens is 3. The molecule has 1 saturated heterocycles. The van der Waals surface area contributed by atoms with E-state index in [-0.39, 0.29) is 0 Å². The van der Waals surface area contributed by atoms with E-state index in [4.69, 9.17) is 9.47 Å². The number of piperazine rings is 1. The van der Waals surface area contributed by atoms with Gasteiger partial charge in [-0.2, -0.15) is 13.2 Å². The minimum atomic E-state index is -4.32. The largest absolute Gasteiger partial charge is 0.476 e. The summed E-state index contributed by atoms with van der Waals surface area (Å²) in [5, 5.41) is 0. The Morgan fingerprint density at radius 3 is 1.97 bits per heavy atom. The van der Waals surface area contributed by atoms with E-state index in [0.29, 0.717) is 24.5 Å². The Labute approximate surface area is 205 Å². The van der Waals surface area contributed by atoms with Crippen molar-refractivity contribution in [1.29, 1.82) is 0 Å². The van der Waals surface area contributed by atoms with E-state index < -0.39 is 23.3 Å². The summed E-state index contributed by atoms with van der Waals surface area (Å²) in [4.78, 5) is 16.8. The second-order valence-corrected chi connectivity index (χ2v) is 9.64. The highest BCUT2D eigenvalue weighted by molar-refractivity contribution is 5.79. The van der Waals surface area contributed by atoms with E-state index in [1.165, 1.54) is 12.1 Å². The lowest BCUT2D eigenvalue weighted by atomic mass is 10.0. The standard InChI is InChI=1S/C27H35F3N2O3/c1-6-34-25(33)26(4,5)35-24-19(2)14-22(15-20(24)3)18-32-12-10-31(11-13-32)17-21-8-7-9-23(16-21)27(28,29)30/h7-9,14-16H,6,10-13,17-18H2,1-5H3. The van der Waals surface area contributed by atoms with Gasteiger partial charge in [0.25, 0.3) is 0 Å². The summed E-state index contributed by atoms with van der Waals surface area (Å²) in [5.41, 5.74) is 2.08. The summed E-state index contributed by atoms with van der Waals surface area (Å²) in [7, 11) is 0. The van der Waals surface area contributed by atoms with E-state index >= 15 is 0 Å². The fourth-order valence-electron chi connectivity index (χ4n) is 4.36. The molecule has 0 aliphatic carbocycles. The Kier molecular flexibility index (Phi) is 8.49. The van der Waals surface area contributed by atoms with Crippen LogP contribution in [0.15, 0.2) is 36.4 Å². The molecule has 0 unspecified atom stereocenters. The van der Waals surface area contributed by atoms with Crippen LogP contribution < -0.4 is 4.74 Å². The van der Waals surface area contributed by atoms with Gasteiger partial charge in [-0.25, -0.2) is 4.79 Å². The number of aryl methyl sites for hydroxylation is 2. The third-order valence-corrected chi connectivity index (χ3v) is 6.18. The van der Waals surface area contributed by atoms with Gasteiger partial charge in [0.2, 0.25) is 0 Å². The normalized spacial score (nSPS) is 15.8. The highest BCUT2D eigenvalue weighted by atomic mass is 19.4. The van der Waals surface area contributed by atoms with Crippen LogP contribution in [0.5, 0.6) is 5.75 Å². The van der Waals surface area contributed by atoms with Gasteiger partial charge in [0, 0.05) is 39.3 Å². The molecule has 0 amide bonds. The van der Waals surface area contributed by atoms with Gasteiger partial charge in [-0.1, -0.05) is 30.3 Å². The number of rotatable bonds is 8. The molecular weight excluding hydrogens is 457 g/mol. The second kappa shape index (κ2) is 11.0. The zero-order valence-electron chi connectivity index (χ0n) is 21.2. The van der Waals surface area contributed by atoms with Crippen LogP contribution in [0.4, 0.5) is 13.2 Å². The van der Waals surface area contributed by atoms with Crippen LogP contribution >= 0.6 is 0 Å². The minimum absolute atomic E-state index is 0.301. The molecule has 1 aliphatic rings. The van der Waals surface area contributed by atoms with E-state index in [9.17, 15) is 18.0 Å². The van der Waals surface area contributed by atoms with Crippen LogP contribution in [0.3, 0.4) is 0 Å². The smallest absolute Gasteiger partial charge is 0.416 e. The van der Waals surface area contributed by atoms with Crippen molar-refractivity contribution >= 4 is 5.97 Å². The van der Waals surface area contributed by atoms with Gasteiger partial charge in [0.1, 0.15) is 5.75 Å². The summed E-state index contributed by atoms with van der Waals surface area (Å²) in [6.07, 6.45) is -4.32. The summed E-state index contributed by atoms with van der Waals surface area (Å²) in [5.74, 6) is 0.295. The molecule has 0 radical (unpaired) electrons. The van der Waals surface area contributed by atoms with Crippen LogP contribution in [0.2, 0.25) is 0 Å². The molecule has 1 fully saturated rings. The molecule has 1 heterocycles. The molecule has 0 N–H and O–H groups in total. The number of ether oxygens (including phenoxy) is 2. The summed E-state index contributed by atoms with van der Waals surface area (Å²) < 4.78 is 50.1. The number of carbonyl (C=O) groups is 1. The van der Waals surface area contributed by atoms with Gasteiger partial charge in [0.05, 0.1) is 12.2 Å². The number of hydrogen-bond donors (Lipinski definition) is 0. The van der Waals surface area contributed by atoms with Crippen LogP contribution in [-0.4, -0.2) is 54.2 Å². The molecule has 5 nitrogen and oxygen atoms in total. The SMILES string of the molecule is CCOC(=O)C(C)(C)Oc1c(C)cc(CN2CCN(Cc3cccc(C(F)(F)F)c3)CC2)cc1C. The Morgan fingerprint density at radius 1 is 0.914 bits per heavy atom. The lowest BCUT2D eigenvalue weighted by Crippen LogP contribution is -2.45. The average molecular weight is 493 g/mol. The number of alkyl halides is 3. The van der Waals surface area contributed by atoms with Crippen LogP contribution in [-0.2, 0) is 28.8 Å². The van der Waals surface area contributed by atoms with E-state index in [1.807, 2.05) is 13.8 Å². The maximum atomic E-state index is 13.0. The predicted octanol–water partition coefficient (Wildman–Crippen LogP) is 5.36. The quantitative estimate of drug-likeness (QED) is 0.464. The first-order valence-electron chi connectivity index (χ1n) is 12.0. The van der Waals surface area contributed by atoms with Gasteiger partial charge in [-0.15, -0.1) is 0 Å². The Hall–Kier alpha value is -2.58. The molecule has 2 aromatic rings. The average Bonchev–Trinajstić information content (AvgIpc) is 2.77. The molecule has 3 rings (SSSR count). The van der Waals surface area contributed by atoms with Crippen LogP contribution in [0, 0.1) is 13.8 Å². The molecule has 192 valence electrons. The van der Waals surface area contributed by atoms with Gasteiger partial charge in [0.15, 0.2) is 5.60 Å². The van der Waals surface area contributed by atoms with E-state index in [0.717, 1.165) is 55.5 Å². The summed E-state index contributed by atoms with van der Waals surface area (Å²) in [6, 6.07) is 9.74. The third kappa shape index (κ3) is 7.21. The van der Waals surface area contributed by atoms with Gasteiger partial charge in [-0.05, 0) is 62.9 Å². The molecule has 0 bridgehead atoms. The van der Waals surface area contributed by atoms with Crippen molar-refractivity contribution in [2.75, 3.05) is 32.8 Å². The fraction of sp³-hybridized carbons (Fsp3) is 0.519. The first kappa shape index (κ1) is 27.0. The Bertz CT molecular complexity index is 1010. The van der Waals surface area contributed by atoms with Gasteiger partial charge < -0.3 is 9.47 Å². The highest BCUT2D eigenvalue weighted by Crippen LogP contribution is 2.31. The third-order valence-electron chi connectivity index (χ3n) is 6.18. The zero-order chi connectivity index (χ0) is 25.8. The summed E-state index contributed by atoms with van der Waals surface area (Å²) in [6.45, 7) is 14.0. The highest BCUT2D eigenvalue weighted by Gasteiger charge is 2.33. The first-order valence-corrected chi connectivity index (χ1v) is 12.0. The monoisotopic (exact) mass is 492 g/mol. The molecule has 8 heteroatoms. The fourth-order valence-corrected chi connectivity index (χ4v) is 4.36. The second-order valence-electron chi connectivity index (χ2n) is 9.64. The maximum absolute atomic E-state index is 13.0. The molecule has 35 heavy (non-hydrogen) atoms. The van der Waals surface area contributed by atoms with Crippen molar-refractivity contribution in [2.45, 2.75) is 59.5 Å². The van der Waals surface area contributed by atoms with Gasteiger partial charge >= 0.3 is 12.1 Å². The van der Waals surface area contributed by atoms with Crippen molar-refractivity contribution in [2.24, 2.45) is 0 Å². The molecule has 2 aromatic carbocycles. The first-order chi connectivity index (χ1) is 16.4. The van der Waals surface area contributed by atoms with Crippen molar-refractivity contribution in [3.8, 4) is 5.75 Å². The number of nitrogens with zero attached hydrogens (tertiary/aromatic N) is 2. The molecule has 0 aromatic heterocycles. The molecule has 0 saturated carbocycles. The minimum Gasteiger partial charge on any atom is -0.476 e. The van der Waals surface area contributed by atoms with Crippen LogP contribution in [0.1, 0.15) is 48.6 Å². The number of esters is 1. The number of carbonyl (C=O) groups excluding carboxylic acids is 1. The molecular formula is C27H35F3N2O3. The topological polar surface area (TPSA) is 42.0 Å². The van der Waals surface area contributed by atoms with Crippen LogP contribution in [0.25, 0.3) is 0 Å². The lowest BCUT2D eigenvalue weighted by molar-refractivity contribution is -0.158. The molecule has 1 aliphatic heterocycles. The van der Waals surface area contributed by atoms with E-state index in [2.05, 4.69) is 21.9 Å². The predicted molar refractivity (Wildman–Crippen MR) is 129 cm³/mol. The lowest BCUT2D eigenvalue weighted by Gasteiger charge is -2.35. The summed E-state index contributed by atoms with van der Waals surface area (Å²) >= 11 is 0. The van der Waals surface area contributed by atoms with E-state index in [1.54, 1.807) is 26.8 Å². The molecule has 0 atom stereocenters. The zero-order valence-corrected chi connectivity index (χ0v) is 21.2. The van der Waals surface area contributed by atoms with Crippen molar-refractivity contribution in [1.82, 2.24) is 9.80 Å². The Morgan fingerprint density at radius 2 is 1.46 bits per heavy atom. The number of hydrogen-bond acceptors (Lipinski definition) is 5. The van der Waals surface area contributed by atoms with Crippen molar-refractivity contribution < 1.29 is 27.4 Å². The van der Waals surface area contributed by atoms with Gasteiger partial charge in [-0.3, -0.25) is 9.80 Å². The van der Waals surface area contributed by atoms with Crippen molar-refractivity contribution in [3.63, 3.8) is 0 Å². The number of benzene rings is 2.